The van der Waals surface area contributed by atoms with E-state index >= 15 is 0 Å². The summed E-state index contributed by atoms with van der Waals surface area (Å²) < 4.78 is 15.9. The Bertz CT molecular complexity index is 949. The first-order valence-corrected chi connectivity index (χ1v) is 8.97. The van der Waals surface area contributed by atoms with Crippen molar-refractivity contribution in [2.75, 3.05) is 31.0 Å². The Labute approximate surface area is 168 Å². The minimum Gasteiger partial charge on any atom is -0.497 e. The summed E-state index contributed by atoms with van der Waals surface area (Å²) in [6.07, 6.45) is 0. The van der Waals surface area contributed by atoms with E-state index in [1.165, 1.54) is 26.0 Å². The van der Waals surface area contributed by atoms with Crippen LogP contribution < -0.4 is 24.4 Å². The third-order valence-corrected chi connectivity index (χ3v) is 4.63. The summed E-state index contributed by atoms with van der Waals surface area (Å²) in [5.74, 6) is 0.555. The molecule has 1 aliphatic heterocycles. The fourth-order valence-electron chi connectivity index (χ4n) is 3.06. The number of hydrogen-bond donors (Lipinski definition) is 1. The molecular formula is C21H22N2O6. The van der Waals surface area contributed by atoms with Gasteiger partial charge >= 0.3 is 0 Å². The number of hydrogen-bond acceptors (Lipinski definition) is 6. The number of benzene rings is 2. The first-order chi connectivity index (χ1) is 13.8. The highest BCUT2D eigenvalue weighted by molar-refractivity contribution is 6.08. The second kappa shape index (κ2) is 8.22. The highest BCUT2D eigenvalue weighted by atomic mass is 16.5. The lowest BCUT2D eigenvalue weighted by Gasteiger charge is -2.33. The van der Waals surface area contributed by atoms with Gasteiger partial charge in [-0.3, -0.25) is 19.3 Å². The number of nitrogens with zero attached hydrogens (tertiary/aromatic N) is 1. The zero-order valence-corrected chi connectivity index (χ0v) is 16.6. The normalized spacial score (nSPS) is 13.8. The van der Waals surface area contributed by atoms with E-state index in [1.807, 2.05) is 0 Å². The molecule has 0 aliphatic carbocycles. The number of carbonyl (C=O) groups excluding carboxylic acids is 3. The number of ketones is 1. The number of nitrogens with one attached hydrogen (secondary N) is 1. The lowest BCUT2D eigenvalue weighted by Crippen LogP contribution is -2.49. The molecule has 2 amide bonds. The minimum absolute atomic E-state index is 0.147. The van der Waals surface area contributed by atoms with Gasteiger partial charge < -0.3 is 19.5 Å². The quantitative estimate of drug-likeness (QED) is 0.752. The third kappa shape index (κ3) is 4.16. The van der Waals surface area contributed by atoms with Gasteiger partial charge in [0.2, 0.25) is 5.91 Å². The van der Waals surface area contributed by atoms with Gasteiger partial charge in [-0.15, -0.1) is 0 Å². The van der Waals surface area contributed by atoms with Gasteiger partial charge in [-0.05, 0) is 32.0 Å². The average Bonchev–Trinajstić information content (AvgIpc) is 2.72. The summed E-state index contributed by atoms with van der Waals surface area (Å²) >= 11 is 0. The summed E-state index contributed by atoms with van der Waals surface area (Å²) in [6, 6.07) is 8.96. The number of Topliss-reactive ketones (excluding diaryl/α,β-unsaturated/α-hetero) is 1. The Balaban J connectivity index is 1.89. The Morgan fingerprint density at radius 3 is 2.34 bits per heavy atom. The van der Waals surface area contributed by atoms with Crippen molar-refractivity contribution < 1.29 is 28.6 Å². The molecule has 0 fully saturated rings. The number of fused-ring (bicyclic) bond motifs is 1. The van der Waals surface area contributed by atoms with E-state index in [4.69, 9.17) is 14.2 Å². The van der Waals surface area contributed by atoms with E-state index in [-0.39, 0.29) is 18.3 Å². The van der Waals surface area contributed by atoms with Gasteiger partial charge in [-0.2, -0.15) is 0 Å². The molecule has 152 valence electrons. The maximum Gasteiger partial charge on any atom is 0.265 e. The van der Waals surface area contributed by atoms with Crippen LogP contribution in [0.5, 0.6) is 17.2 Å². The lowest BCUT2D eigenvalue weighted by molar-refractivity contribution is -0.125. The zero-order chi connectivity index (χ0) is 21.1. The second-order valence-electron chi connectivity index (χ2n) is 6.56. The van der Waals surface area contributed by atoms with E-state index < -0.39 is 11.9 Å². The van der Waals surface area contributed by atoms with Gasteiger partial charge in [0, 0.05) is 29.4 Å². The van der Waals surface area contributed by atoms with Gasteiger partial charge in [-0.25, -0.2) is 0 Å². The van der Waals surface area contributed by atoms with Crippen molar-refractivity contribution in [3.8, 4) is 17.2 Å². The van der Waals surface area contributed by atoms with Crippen molar-refractivity contribution in [1.29, 1.82) is 0 Å². The highest BCUT2D eigenvalue weighted by Crippen LogP contribution is 2.35. The van der Waals surface area contributed by atoms with Gasteiger partial charge in [0.05, 0.1) is 19.9 Å². The summed E-state index contributed by atoms with van der Waals surface area (Å²) in [7, 11) is 3.03. The summed E-state index contributed by atoms with van der Waals surface area (Å²) in [6.45, 7) is 2.86. The molecule has 0 bridgehead atoms. The van der Waals surface area contributed by atoms with Crippen molar-refractivity contribution in [3.63, 3.8) is 0 Å². The second-order valence-corrected chi connectivity index (χ2v) is 6.56. The van der Waals surface area contributed by atoms with Crippen LogP contribution in [-0.2, 0) is 9.59 Å². The standard InChI is InChI=1S/C21H22N2O6/c1-12(21(26)22-15-8-16(27-3)10-17(9-15)28-4)23-18-7-14(13(2)24)5-6-19(18)29-11-20(23)25/h5-10,12H,11H2,1-4H3,(H,22,26). The first-order valence-electron chi connectivity index (χ1n) is 8.97. The largest absolute Gasteiger partial charge is 0.497 e. The van der Waals surface area contributed by atoms with Crippen LogP contribution in [0, 0.1) is 0 Å². The van der Waals surface area contributed by atoms with E-state index in [9.17, 15) is 14.4 Å². The molecule has 1 N–H and O–H groups in total. The molecule has 1 heterocycles. The molecule has 8 nitrogen and oxygen atoms in total. The molecule has 3 rings (SSSR count). The van der Waals surface area contributed by atoms with Crippen LogP contribution >= 0.6 is 0 Å². The molecule has 0 saturated carbocycles. The molecule has 1 atom stereocenters. The fourth-order valence-corrected chi connectivity index (χ4v) is 3.06. The molecule has 0 radical (unpaired) electrons. The molecule has 29 heavy (non-hydrogen) atoms. The molecule has 0 saturated heterocycles. The molecule has 2 aromatic rings. The van der Waals surface area contributed by atoms with Crippen molar-refractivity contribution >= 4 is 29.0 Å². The van der Waals surface area contributed by atoms with Crippen LogP contribution in [0.25, 0.3) is 0 Å². The average molecular weight is 398 g/mol. The monoisotopic (exact) mass is 398 g/mol. The smallest absolute Gasteiger partial charge is 0.265 e. The minimum atomic E-state index is -0.843. The fraction of sp³-hybridized carbons (Fsp3) is 0.286. The van der Waals surface area contributed by atoms with Gasteiger partial charge in [0.25, 0.3) is 5.91 Å². The van der Waals surface area contributed by atoms with Crippen LogP contribution in [0.3, 0.4) is 0 Å². The Kier molecular flexibility index (Phi) is 5.72. The van der Waals surface area contributed by atoms with Crippen molar-refractivity contribution in [3.05, 3.63) is 42.0 Å². The Morgan fingerprint density at radius 1 is 1.10 bits per heavy atom. The molecule has 0 aromatic heterocycles. The summed E-state index contributed by atoms with van der Waals surface area (Å²) in [4.78, 5) is 38.5. The molecule has 0 spiro atoms. The van der Waals surface area contributed by atoms with E-state index in [0.29, 0.717) is 34.2 Å². The van der Waals surface area contributed by atoms with Crippen LogP contribution in [-0.4, -0.2) is 44.5 Å². The topological polar surface area (TPSA) is 94.2 Å². The van der Waals surface area contributed by atoms with Crippen LogP contribution in [0.4, 0.5) is 11.4 Å². The number of carbonyl (C=O) groups is 3. The highest BCUT2D eigenvalue weighted by Gasteiger charge is 2.33. The van der Waals surface area contributed by atoms with Gasteiger partial charge in [0.1, 0.15) is 23.3 Å². The van der Waals surface area contributed by atoms with Crippen LogP contribution in [0.15, 0.2) is 36.4 Å². The van der Waals surface area contributed by atoms with Crippen molar-refractivity contribution in [1.82, 2.24) is 0 Å². The zero-order valence-electron chi connectivity index (χ0n) is 16.6. The first kappa shape index (κ1) is 20.2. The molecule has 2 aromatic carbocycles. The lowest BCUT2D eigenvalue weighted by atomic mass is 10.1. The van der Waals surface area contributed by atoms with E-state index in [1.54, 1.807) is 43.3 Å². The van der Waals surface area contributed by atoms with Crippen molar-refractivity contribution in [2.45, 2.75) is 19.9 Å². The SMILES string of the molecule is COc1cc(NC(=O)C(C)N2C(=O)COc3ccc(C(C)=O)cc32)cc(OC)c1. The predicted octanol–water partition coefficient (Wildman–Crippen LogP) is 2.66. The van der Waals surface area contributed by atoms with Crippen LogP contribution in [0.1, 0.15) is 24.2 Å². The van der Waals surface area contributed by atoms with Crippen LogP contribution in [0.2, 0.25) is 0 Å². The predicted molar refractivity (Wildman–Crippen MR) is 107 cm³/mol. The number of amides is 2. The summed E-state index contributed by atoms with van der Waals surface area (Å²) in [5.41, 5.74) is 1.29. The van der Waals surface area contributed by atoms with E-state index in [0.717, 1.165) is 0 Å². The number of anilines is 2. The van der Waals surface area contributed by atoms with Gasteiger partial charge in [-0.1, -0.05) is 0 Å². The number of ether oxygens (including phenoxy) is 3. The maximum atomic E-state index is 12.9. The van der Waals surface area contributed by atoms with E-state index in [2.05, 4.69) is 5.32 Å². The Hall–Kier alpha value is -3.55. The molecule has 1 aliphatic rings. The summed E-state index contributed by atoms with van der Waals surface area (Å²) in [5, 5.41) is 2.78. The molecule has 1 unspecified atom stereocenters. The third-order valence-electron chi connectivity index (χ3n) is 4.63. The van der Waals surface area contributed by atoms with Crippen molar-refractivity contribution in [2.24, 2.45) is 0 Å². The van der Waals surface area contributed by atoms with Gasteiger partial charge in [0.15, 0.2) is 12.4 Å². The number of rotatable bonds is 6. The number of methoxy groups -OCH3 is 2. The molecule has 8 heteroatoms. The Morgan fingerprint density at radius 2 is 1.76 bits per heavy atom. The maximum absolute atomic E-state index is 12.9. The molecular weight excluding hydrogens is 376 g/mol.